The number of hydrogen-bond donors (Lipinski definition) is 1. The maximum atomic E-state index is 13.1. The van der Waals surface area contributed by atoms with Crippen molar-refractivity contribution < 1.29 is 9.59 Å². The number of carbonyl (C=O) groups excluding carboxylic acids is 2. The lowest BCUT2D eigenvalue weighted by Gasteiger charge is -2.31. The number of benzene rings is 2. The van der Waals surface area contributed by atoms with Crippen LogP contribution in [0.1, 0.15) is 45.2 Å². The summed E-state index contributed by atoms with van der Waals surface area (Å²) in [4.78, 5) is 27.5. The summed E-state index contributed by atoms with van der Waals surface area (Å²) in [5.41, 5.74) is 1.70. The Balaban J connectivity index is 2.04. The molecule has 0 aliphatic carbocycles. The van der Waals surface area contributed by atoms with Gasteiger partial charge in [0, 0.05) is 35.0 Å². The third-order valence-corrected chi connectivity index (χ3v) is 5.93. The van der Waals surface area contributed by atoms with Gasteiger partial charge in [-0.1, -0.05) is 60.1 Å². The van der Waals surface area contributed by atoms with Crippen LogP contribution in [0.2, 0.25) is 5.02 Å². The standard InChI is InChI=1S/C24H31ClN2O2S/c1-18(23(29)26-24(2,3)4)27(16-20-12-8-9-13-21(20)25)22(28)14-15-30-17-19-10-6-5-7-11-19/h5-13,18H,14-17H2,1-4H3,(H,26,29)/t18-/m0/s1. The van der Waals surface area contributed by atoms with Gasteiger partial charge in [-0.3, -0.25) is 9.59 Å². The predicted molar refractivity (Wildman–Crippen MR) is 127 cm³/mol. The number of thioether (sulfide) groups is 1. The Morgan fingerprint density at radius 2 is 1.70 bits per heavy atom. The monoisotopic (exact) mass is 446 g/mol. The normalized spacial score (nSPS) is 12.3. The highest BCUT2D eigenvalue weighted by Crippen LogP contribution is 2.20. The highest BCUT2D eigenvalue weighted by Gasteiger charge is 2.28. The van der Waals surface area contributed by atoms with Crippen molar-refractivity contribution in [2.75, 3.05) is 5.75 Å². The van der Waals surface area contributed by atoms with Crippen LogP contribution in [0.4, 0.5) is 0 Å². The van der Waals surface area contributed by atoms with Gasteiger partial charge in [-0.25, -0.2) is 0 Å². The Morgan fingerprint density at radius 1 is 1.07 bits per heavy atom. The van der Waals surface area contributed by atoms with Gasteiger partial charge in [0.05, 0.1) is 0 Å². The zero-order valence-corrected chi connectivity index (χ0v) is 19.7. The highest BCUT2D eigenvalue weighted by molar-refractivity contribution is 7.98. The molecule has 1 N–H and O–H groups in total. The number of rotatable bonds is 9. The van der Waals surface area contributed by atoms with Gasteiger partial charge in [0.15, 0.2) is 0 Å². The van der Waals surface area contributed by atoms with E-state index in [0.29, 0.717) is 23.7 Å². The van der Waals surface area contributed by atoms with E-state index in [4.69, 9.17) is 11.6 Å². The summed E-state index contributed by atoms with van der Waals surface area (Å²) in [6.45, 7) is 7.86. The molecule has 0 radical (unpaired) electrons. The molecular formula is C24H31ClN2O2S. The molecule has 0 fully saturated rings. The summed E-state index contributed by atoms with van der Waals surface area (Å²) in [5, 5.41) is 3.57. The van der Waals surface area contributed by atoms with E-state index in [9.17, 15) is 9.59 Å². The van der Waals surface area contributed by atoms with Gasteiger partial charge in [0.25, 0.3) is 0 Å². The van der Waals surface area contributed by atoms with Crippen LogP contribution in [0, 0.1) is 0 Å². The van der Waals surface area contributed by atoms with E-state index in [1.807, 2.05) is 57.2 Å². The van der Waals surface area contributed by atoms with Gasteiger partial charge in [-0.15, -0.1) is 0 Å². The van der Waals surface area contributed by atoms with E-state index in [-0.39, 0.29) is 17.4 Å². The van der Waals surface area contributed by atoms with Crippen LogP contribution in [-0.2, 0) is 21.9 Å². The fourth-order valence-electron chi connectivity index (χ4n) is 2.93. The second-order valence-corrected chi connectivity index (χ2v) is 9.83. The molecule has 162 valence electrons. The lowest BCUT2D eigenvalue weighted by Crippen LogP contribution is -2.52. The van der Waals surface area contributed by atoms with Crippen molar-refractivity contribution in [3.8, 4) is 0 Å². The first kappa shape index (κ1) is 24.3. The third-order valence-electron chi connectivity index (χ3n) is 4.54. The first-order chi connectivity index (χ1) is 14.2. The van der Waals surface area contributed by atoms with Crippen molar-refractivity contribution in [1.82, 2.24) is 10.2 Å². The SMILES string of the molecule is C[C@@H](C(=O)NC(C)(C)C)N(Cc1ccccc1Cl)C(=O)CCSCc1ccccc1. The Morgan fingerprint density at radius 3 is 2.33 bits per heavy atom. The fourth-order valence-corrected chi connectivity index (χ4v) is 4.02. The van der Waals surface area contributed by atoms with Crippen LogP contribution in [-0.4, -0.2) is 34.0 Å². The molecule has 0 saturated heterocycles. The van der Waals surface area contributed by atoms with E-state index in [1.165, 1.54) is 5.56 Å². The zero-order chi connectivity index (χ0) is 22.1. The van der Waals surface area contributed by atoms with Gasteiger partial charge in [-0.2, -0.15) is 11.8 Å². The molecule has 0 heterocycles. The van der Waals surface area contributed by atoms with Crippen molar-refractivity contribution in [1.29, 1.82) is 0 Å². The van der Waals surface area contributed by atoms with Crippen LogP contribution in [0.3, 0.4) is 0 Å². The molecule has 30 heavy (non-hydrogen) atoms. The van der Waals surface area contributed by atoms with E-state index in [0.717, 1.165) is 11.3 Å². The molecule has 4 nitrogen and oxygen atoms in total. The summed E-state index contributed by atoms with van der Waals surface area (Å²) < 4.78 is 0. The largest absolute Gasteiger partial charge is 0.350 e. The molecule has 2 aromatic carbocycles. The lowest BCUT2D eigenvalue weighted by atomic mass is 10.1. The van der Waals surface area contributed by atoms with Crippen molar-refractivity contribution in [3.63, 3.8) is 0 Å². The first-order valence-corrected chi connectivity index (χ1v) is 11.7. The molecule has 0 aliphatic rings. The second-order valence-electron chi connectivity index (χ2n) is 8.32. The minimum atomic E-state index is -0.591. The molecule has 0 aromatic heterocycles. The van der Waals surface area contributed by atoms with Crippen LogP contribution < -0.4 is 5.32 Å². The Labute approximate surface area is 189 Å². The second kappa shape index (κ2) is 11.4. The van der Waals surface area contributed by atoms with Crippen LogP contribution in [0.15, 0.2) is 54.6 Å². The summed E-state index contributed by atoms with van der Waals surface area (Å²) in [5.74, 6) is 1.34. The highest BCUT2D eigenvalue weighted by atomic mass is 35.5. The van der Waals surface area contributed by atoms with Gasteiger partial charge in [-0.05, 0) is 44.9 Å². The Hall–Kier alpha value is -1.98. The lowest BCUT2D eigenvalue weighted by molar-refractivity contribution is -0.140. The molecule has 0 spiro atoms. The van der Waals surface area contributed by atoms with E-state index < -0.39 is 6.04 Å². The number of nitrogens with one attached hydrogen (secondary N) is 1. The molecule has 0 saturated carbocycles. The Bertz CT molecular complexity index is 837. The Kier molecular flexibility index (Phi) is 9.25. The average molecular weight is 447 g/mol. The van der Waals surface area contributed by atoms with E-state index in [1.54, 1.807) is 29.7 Å². The maximum absolute atomic E-state index is 13.1. The van der Waals surface area contributed by atoms with Crippen molar-refractivity contribution in [2.24, 2.45) is 0 Å². The summed E-state index contributed by atoms with van der Waals surface area (Å²) in [6, 6.07) is 17.0. The van der Waals surface area contributed by atoms with Crippen molar-refractivity contribution in [2.45, 2.75) is 58.0 Å². The molecule has 0 aliphatic heterocycles. The maximum Gasteiger partial charge on any atom is 0.242 e. The first-order valence-electron chi connectivity index (χ1n) is 10.1. The van der Waals surface area contributed by atoms with Crippen LogP contribution in [0.5, 0.6) is 0 Å². The van der Waals surface area contributed by atoms with E-state index in [2.05, 4.69) is 17.4 Å². The summed E-state index contributed by atoms with van der Waals surface area (Å²) >= 11 is 8.03. The van der Waals surface area contributed by atoms with Crippen LogP contribution in [0.25, 0.3) is 0 Å². The summed E-state index contributed by atoms with van der Waals surface area (Å²) in [6.07, 6.45) is 0.370. The predicted octanol–water partition coefficient (Wildman–Crippen LogP) is 5.30. The molecule has 1 atom stereocenters. The van der Waals surface area contributed by atoms with Gasteiger partial charge in [0.1, 0.15) is 6.04 Å². The molecule has 0 unspecified atom stereocenters. The molecule has 0 bridgehead atoms. The fraction of sp³-hybridized carbons (Fsp3) is 0.417. The molecule has 2 rings (SSSR count). The minimum absolute atomic E-state index is 0.0490. The quantitative estimate of drug-likeness (QED) is 0.532. The summed E-state index contributed by atoms with van der Waals surface area (Å²) in [7, 11) is 0. The molecule has 6 heteroatoms. The number of carbonyl (C=O) groups is 2. The third kappa shape index (κ3) is 8.04. The topological polar surface area (TPSA) is 49.4 Å². The smallest absolute Gasteiger partial charge is 0.242 e. The van der Waals surface area contributed by atoms with Crippen LogP contribution >= 0.6 is 23.4 Å². The number of halogens is 1. The number of nitrogens with zero attached hydrogens (tertiary/aromatic N) is 1. The minimum Gasteiger partial charge on any atom is -0.350 e. The van der Waals surface area contributed by atoms with Gasteiger partial charge >= 0.3 is 0 Å². The number of hydrogen-bond acceptors (Lipinski definition) is 3. The molecule has 2 amide bonds. The van der Waals surface area contributed by atoms with Gasteiger partial charge < -0.3 is 10.2 Å². The molecule has 2 aromatic rings. The average Bonchev–Trinajstić information content (AvgIpc) is 2.69. The number of amides is 2. The van der Waals surface area contributed by atoms with Crippen molar-refractivity contribution in [3.05, 3.63) is 70.7 Å². The molecular weight excluding hydrogens is 416 g/mol. The van der Waals surface area contributed by atoms with E-state index >= 15 is 0 Å². The van der Waals surface area contributed by atoms with Gasteiger partial charge in [0.2, 0.25) is 11.8 Å². The zero-order valence-electron chi connectivity index (χ0n) is 18.2. The van der Waals surface area contributed by atoms with Crippen molar-refractivity contribution >= 4 is 35.2 Å².